The molecule has 0 fully saturated rings. The van der Waals surface area contributed by atoms with Crippen LogP contribution in [0.5, 0.6) is 5.88 Å². The Hall–Kier alpha value is -4.29. The van der Waals surface area contributed by atoms with Gasteiger partial charge < -0.3 is 10.1 Å². The second-order valence-corrected chi connectivity index (χ2v) is 13.7. The van der Waals surface area contributed by atoms with E-state index in [1.165, 1.54) is 0 Å². The number of aryl methyl sites for hydroxylation is 3. The third-order valence-electron chi connectivity index (χ3n) is 8.76. The first-order valence-electron chi connectivity index (χ1n) is 15.6. The van der Waals surface area contributed by atoms with Crippen LogP contribution in [0.15, 0.2) is 83.9 Å². The highest BCUT2D eigenvalue weighted by Crippen LogP contribution is 2.57. The van der Waals surface area contributed by atoms with Crippen molar-refractivity contribution in [1.29, 1.82) is 0 Å². The van der Waals surface area contributed by atoms with Crippen LogP contribution in [0, 0.1) is 13.8 Å². The number of aromatic nitrogens is 4. The lowest BCUT2D eigenvalue weighted by Gasteiger charge is -2.41. The van der Waals surface area contributed by atoms with Gasteiger partial charge in [0.1, 0.15) is 16.5 Å². The highest BCUT2D eigenvalue weighted by molar-refractivity contribution is 8.22. The first kappa shape index (κ1) is 31.7. The summed E-state index contributed by atoms with van der Waals surface area (Å²) in [4.78, 5) is 18.1. The Morgan fingerprint density at radius 2 is 1.87 bits per heavy atom. The van der Waals surface area contributed by atoms with E-state index in [9.17, 15) is 13.9 Å². The van der Waals surface area contributed by atoms with Gasteiger partial charge in [0.15, 0.2) is 0 Å². The largest absolute Gasteiger partial charge is 0.472 e. The molecule has 0 radical (unpaired) electrons. The minimum Gasteiger partial charge on any atom is -0.472 e. The van der Waals surface area contributed by atoms with E-state index in [2.05, 4.69) is 38.8 Å². The van der Waals surface area contributed by atoms with Crippen LogP contribution >= 0.6 is 10.8 Å². The standard InChI is InChI=1S/C35H40N6O4S/c1-5-28-22-40(46(43,44)32-13-10-18-36-35(32)45-28)21-26-19-25(15-14-23(26)3)30(20-33(42)37-27-11-8-7-9-12-27)29-16-17-31-34(24(29)4)38-39-41(31)6-2/h7-19,28,30,43-44H,5-6,20-22H2,1-4H3,(H,37,42). The number of carbonyl (C=O) groups is 1. The predicted molar refractivity (Wildman–Crippen MR) is 181 cm³/mol. The third kappa shape index (κ3) is 6.23. The number of ether oxygens (including phenoxy) is 1. The van der Waals surface area contributed by atoms with Crippen LogP contribution in [0.2, 0.25) is 0 Å². The van der Waals surface area contributed by atoms with Gasteiger partial charge in [-0.1, -0.05) is 54.6 Å². The van der Waals surface area contributed by atoms with Gasteiger partial charge in [0.25, 0.3) is 0 Å². The van der Waals surface area contributed by atoms with Crippen LogP contribution in [0.4, 0.5) is 5.69 Å². The highest BCUT2D eigenvalue weighted by Gasteiger charge is 2.36. The molecule has 46 heavy (non-hydrogen) atoms. The zero-order valence-corrected chi connectivity index (χ0v) is 27.4. The van der Waals surface area contributed by atoms with Crippen molar-refractivity contribution in [1.82, 2.24) is 24.3 Å². The summed E-state index contributed by atoms with van der Waals surface area (Å²) in [5, 5.41) is 11.9. The summed E-state index contributed by atoms with van der Waals surface area (Å²) in [7, 11) is -3.38. The average molecular weight is 641 g/mol. The smallest absolute Gasteiger partial charge is 0.239 e. The lowest BCUT2D eigenvalue weighted by Crippen LogP contribution is -2.34. The number of fused-ring (bicyclic) bond motifs is 2. The fourth-order valence-corrected chi connectivity index (χ4v) is 7.66. The molecule has 0 saturated carbocycles. The summed E-state index contributed by atoms with van der Waals surface area (Å²) < 4.78 is 32.8. The quantitative estimate of drug-likeness (QED) is 0.153. The van der Waals surface area contributed by atoms with E-state index >= 15 is 0 Å². The SMILES string of the molecule is CCC1CN(Cc2cc(C(CC(=O)Nc3ccccc3)c3ccc4c(nnn4CC)c3C)ccc2C)S(O)(O)c2cccnc2O1. The molecule has 0 bridgehead atoms. The van der Waals surface area contributed by atoms with Crippen LogP contribution in [-0.2, 0) is 17.9 Å². The molecule has 3 aromatic carbocycles. The van der Waals surface area contributed by atoms with Crippen molar-refractivity contribution in [2.24, 2.45) is 0 Å². The van der Waals surface area contributed by atoms with Crippen LogP contribution in [-0.4, -0.2) is 51.9 Å². The topological polar surface area (TPSA) is 126 Å². The molecule has 2 unspecified atom stereocenters. The molecule has 0 spiro atoms. The zero-order valence-electron chi connectivity index (χ0n) is 26.6. The molecule has 0 aliphatic carbocycles. The van der Waals surface area contributed by atoms with Gasteiger partial charge in [-0.05, 0) is 85.3 Å². The predicted octanol–water partition coefficient (Wildman–Crippen LogP) is 7.32. The molecule has 5 aromatic rings. The first-order chi connectivity index (χ1) is 22.2. The molecule has 0 saturated heterocycles. The summed E-state index contributed by atoms with van der Waals surface area (Å²) in [6, 6.07) is 23.1. The average Bonchev–Trinajstić information content (AvgIpc) is 3.45. The van der Waals surface area contributed by atoms with E-state index < -0.39 is 10.8 Å². The summed E-state index contributed by atoms with van der Waals surface area (Å²) in [6.07, 6.45) is 2.23. The molecular weight excluding hydrogens is 600 g/mol. The Labute approximate surface area is 270 Å². The third-order valence-corrected chi connectivity index (χ3v) is 10.7. The second kappa shape index (κ2) is 13.2. The van der Waals surface area contributed by atoms with Crippen LogP contribution in [0.25, 0.3) is 11.0 Å². The fraction of sp³-hybridized carbons (Fsp3) is 0.314. The number of para-hydroxylation sites is 1. The lowest BCUT2D eigenvalue weighted by molar-refractivity contribution is -0.116. The van der Waals surface area contributed by atoms with Crippen LogP contribution in [0.1, 0.15) is 60.4 Å². The van der Waals surface area contributed by atoms with E-state index in [4.69, 9.17) is 4.74 Å². The number of benzene rings is 3. The van der Waals surface area contributed by atoms with Gasteiger partial charge in [-0.15, -0.1) is 15.9 Å². The maximum atomic E-state index is 13.5. The van der Waals surface area contributed by atoms with Crippen molar-refractivity contribution in [3.05, 3.63) is 107 Å². The van der Waals surface area contributed by atoms with E-state index in [1.807, 2.05) is 74.8 Å². The van der Waals surface area contributed by atoms with Gasteiger partial charge in [-0.25, -0.2) is 9.67 Å². The molecule has 1 amide bonds. The van der Waals surface area contributed by atoms with Crippen LogP contribution in [0.3, 0.4) is 0 Å². The Bertz CT molecular complexity index is 1860. The number of pyridine rings is 1. The Morgan fingerprint density at radius 3 is 2.63 bits per heavy atom. The minimum atomic E-state index is -3.38. The summed E-state index contributed by atoms with van der Waals surface area (Å²) >= 11 is 0. The molecule has 2 atom stereocenters. The van der Waals surface area contributed by atoms with Gasteiger partial charge in [0, 0.05) is 37.3 Å². The van der Waals surface area contributed by atoms with E-state index in [-0.39, 0.29) is 36.8 Å². The van der Waals surface area contributed by atoms with Crippen molar-refractivity contribution in [3.63, 3.8) is 0 Å². The van der Waals surface area contributed by atoms with E-state index in [0.29, 0.717) is 24.4 Å². The van der Waals surface area contributed by atoms with Crippen molar-refractivity contribution < 1.29 is 18.6 Å². The number of carbonyl (C=O) groups excluding carboxylic acids is 1. The van der Waals surface area contributed by atoms with Gasteiger partial charge in [0.2, 0.25) is 11.8 Å². The molecule has 11 heteroatoms. The Balaban J connectivity index is 1.39. The maximum absolute atomic E-state index is 13.5. The molecule has 1 aliphatic rings. The Morgan fingerprint density at radius 1 is 1.07 bits per heavy atom. The van der Waals surface area contributed by atoms with Gasteiger partial charge in [-0.2, -0.15) is 4.31 Å². The number of hydrogen-bond acceptors (Lipinski definition) is 8. The van der Waals surface area contributed by atoms with Gasteiger partial charge in [0.05, 0.1) is 12.1 Å². The van der Waals surface area contributed by atoms with Crippen molar-refractivity contribution >= 4 is 33.4 Å². The minimum absolute atomic E-state index is 0.108. The summed E-state index contributed by atoms with van der Waals surface area (Å²) in [6.45, 7) is 9.41. The number of rotatable bonds is 9. The molecular formula is C35H40N6O4S. The molecule has 10 nitrogen and oxygen atoms in total. The van der Waals surface area contributed by atoms with Gasteiger partial charge >= 0.3 is 0 Å². The van der Waals surface area contributed by atoms with Crippen LogP contribution < -0.4 is 10.1 Å². The van der Waals surface area contributed by atoms with E-state index in [1.54, 1.807) is 22.6 Å². The van der Waals surface area contributed by atoms with Crippen molar-refractivity contribution in [2.75, 3.05) is 11.9 Å². The molecule has 3 heterocycles. The zero-order chi connectivity index (χ0) is 32.4. The molecule has 1 aliphatic heterocycles. The maximum Gasteiger partial charge on any atom is 0.239 e. The lowest BCUT2D eigenvalue weighted by atomic mass is 9.84. The van der Waals surface area contributed by atoms with E-state index in [0.717, 1.165) is 44.5 Å². The molecule has 6 rings (SSSR count). The number of nitrogens with one attached hydrogen (secondary N) is 1. The second-order valence-electron chi connectivity index (χ2n) is 11.7. The highest BCUT2D eigenvalue weighted by atomic mass is 32.3. The van der Waals surface area contributed by atoms with Crippen molar-refractivity contribution in [2.45, 2.75) is 70.5 Å². The fourth-order valence-electron chi connectivity index (χ4n) is 6.09. The summed E-state index contributed by atoms with van der Waals surface area (Å²) in [5.74, 6) is -0.137. The molecule has 2 aromatic heterocycles. The molecule has 3 N–H and O–H groups in total. The molecule has 240 valence electrons. The number of nitrogens with zero attached hydrogens (tertiary/aromatic N) is 5. The normalized spacial score (nSPS) is 17.5. The number of hydrogen-bond donors (Lipinski definition) is 3. The van der Waals surface area contributed by atoms with Gasteiger partial charge in [-0.3, -0.25) is 13.9 Å². The monoisotopic (exact) mass is 640 g/mol. The summed E-state index contributed by atoms with van der Waals surface area (Å²) in [5.41, 5.74) is 7.37. The van der Waals surface area contributed by atoms with Crippen molar-refractivity contribution in [3.8, 4) is 5.88 Å². The number of anilines is 1. The Kier molecular flexibility index (Phi) is 9.10. The first-order valence-corrected chi connectivity index (χ1v) is 17.1. The number of amides is 1.